The molecule has 0 aliphatic heterocycles. The Kier molecular flexibility index (Phi) is 7.25. The smallest absolute Gasteiger partial charge is 0.408 e. The number of ether oxygens (including phenoxy) is 2. The first-order chi connectivity index (χ1) is 10.0. The van der Waals surface area contributed by atoms with Gasteiger partial charge in [0.05, 0.1) is 0 Å². The highest BCUT2D eigenvalue weighted by atomic mass is 16.5. The highest BCUT2D eigenvalue weighted by Gasteiger charge is 2.26. The Balaban J connectivity index is 2.47. The molecule has 116 valence electrons. The Morgan fingerprint density at radius 1 is 1.29 bits per heavy atom. The predicted octanol–water partition coefficient (Wildman–Crippen LogP) is 2.04. The maximum Gasteiger partial charge on any atom is 0.408 e. The predicted molar refractivity (Wildman–Crippen MR) is 76.8 cm³/mol. The highest BCUT2D eigenvalue weighted by Crippen LogP contribution is 2.09. The van der Waals surface area contributed by atoms with Crippen molar-refractivity contribution in [2.45, 2.75) is 26.0 Å². The molecule has 6 heteroatoms. The Bertz CT molecular complexity index is 449. The van der Waals surface area contributed by atoms with Gasteiger partial charge in [-0.2, -0.15) is 0 Å². The molecule has 1 amide bonds. The highest BCUT2D eigenvalue weighted by molar-refractivity contribution is 5.80. The van der Waals surface area contributed by atoms with Crippen molar-refractivity contribution in [1.82, 2.24) is 5.32 Å². The van der Waals surface area contributed by atoms with E-state index in [4.69, 9.17) is 14.6 Å². The molecule has 0 heterocycles. The van der Waals surface area contributed by atoms with Crippen LogP contribution in [-0.4, -0.2) is 36.9 Å². The lowest BCUT2D eigenvalue weighted by Crippen LogP contribution is -2.45. The van der Waals surface area contributed by atoms with Crippen LogP contribution in [0.25, 0.3) is 0 Å². The number of methoxy groups -OCH3 is 1. The molecule has 2 N–H and O–H groups in total. The molecule has 0 radical (unpaired) electrons. The van der Waals surface area contributed by atoms with Gasteiger partial charge in [0.1, 0.15) is 12.6 Å². The minimum atomic E-state index is -1.09. The van der Waals surface area contributed by atoms with E-state index in [0.717, 1.165) is 5.56 Å². The second kappa shape index (κ2) is 8.97. The lowest BCUT2D eigenvalue weighted by molar-refractivity contribution is -0.140. The number of aliphatic carboxylic acids is 1. The summed E-state index contributed by atoms with van der Waals surface area (Å²) in [7, 11) is 1.55. The molecule has 0 aliphatic carbocycles. The first-order valence-electron chi connectivity index (χ1n) is 6.73. The normalized spacial score (nSPS) is 13.2. The molecule has 2 atom stereocenters. The summed E-state index contributed by atoms with van der Waals surface area (Å²) in [5.41, 5.74) is 0.840. The van der Waals surface area contributed by atoms with Crippen LogP contribution in [0.2, 0.25) is 0 Å². The van der Waals surface area contributed by atoms with E-state index < -0.39 is 18.1 Å². The molecule has 0 saturated heterocycles. The Morgan fingerprint density at radius 3 is 2.52 bits per heavy atom. The second-order valence-corrected chi connectivity index (χ2v) is 4.78. The van der Waals surface area contributed by atoms with Crippen molar-refractivity contribution in [3.05, 3.63) is 35.9 Å². The van der Waals surface area contributed by atoms with Crippen LogP contribution in [0.4, 0.5) is 4.79 Å². The van der Waals surface area contributed by atoms with Crippen LogP contribution < -0.4 is 5.32 Å². The number of carbonyl (C=O) groups is 2. The van der Waals surface area contributed by atoms with Gasteiger partial charge in [0.2, 0.25) is 0 Å². The molecule has 6 nitrogen and oxygen atoms in total. The molecule has 0 bridgehead atoms. The summed E-state index contributed by atoms with van der Waals surface area (Å²) in [5, 5.41) is 11.5. The first-order valence-corrected chi connectivity index (χ1v) is 6.73. The van der Waals surface area contributed by atoms with Crippen molar-refractivity contribution in [1.29, 1.82) is 0 Å². The number of hydrogen-bond donors (Lipinski definition) is 2. The van der Waals surface area contributed by atoms with Gasteiger partial charge in [-0.15, -0.1) is 0 Å². The average Bonchev–Trinajstić information content (AvgIpc) is 2.49. The van der Waals surface area contributed by atoms with Gasteiger partial charge < -0.3 is 19.9 Å². The molecular weight excluding hydrogens is 274 g/mol. The van der Waals surface area contributed by atoms with E-state index in [1.807, 2.05) is 30.3 Å². The summed E-state index contributed by atoms with van der Waals surface area (Å²) in [6.07, 6.45) is -0.206. The summed E-state index contributed by atoms with van der Waals surface area (Å²) in [6, 6.07) is 8.18. The SMILES string of the molecule is COCCC(C)C(NC(=O)OCc1ccccc1)C(=O)O. The Labute approximate surface area is 124 Å². The zero-order valence-electron chi connectivity index (χ0n) is 12.2. The summed E-state index contributed by atoms with van der Waals surface area (Å²) < 4.78 is 9.93. The third-order valence-corrected chi connectivity index (χ3v) is 3.10. The number of rotatable bonds is 8. The molecule has 0 aromatic heterocycles. The summed E-state index contributed by atoms with van der Waals surface area (Å²) >= 11 is 0. The van der Waals surface area contributed by atoms with Crippen molar-refractivity contribution in [3.63, 3.8) is 0 Å². The fourth-order valence-corrected chi connectivity index (χ4v) is 1.81. The largest absolute Gasteiger partial charge is 0.480 e. The zero-order valence-corrected chi connectivity index (χ0v) is 12.2. The van der Waals surface area contributed by atoms with Crippen LogP contribution in [0.3, 0.4) is 0 Å². The van der Waals surface area contributed by atoms with E-state index in [9.17, 15) is 9.59 Å². The number of carbonyl (C=O) groups excluding carboxylic acids is 1. The first kappa shape index (κ1) is 17.0. The van der Waals surface area contributed by atoms with Gasteiger partial charge in [0, 0.05) is 13.7 Å². The van der Waals surface area contributed by atoms with Gasteiger partial charge in [-0.05, 0) is 17.9 Å². The lowest BCUT2D eigenvalue weighted by atomic mass is 9.99. The van der Waals surface area contributed by atoms with Crippen LogP contribution in [0.15, 0.2) is 30.3 Å². The minimum Gasteiger partial charge on any atom is -0.480 e. The number of hydrogen-bond acceptors (Lipinski definition) is 4. The summed E-state index contributed by atoms with van der Waals surface area (Å²) in [4.78, 5) is 22.9. The molecule has 1 rings (SSSR count). The van der Waals surface area contributed by atoms with Crippen molar-refractivity contribution in [2.24, 2.45) is 5.92 Å². The van der Waals surface area contributed by atoms with Gasteiger partial charge in [-0.3, -0.25) is 0 Å². The topological polar surface area (TPSA) is 84.9 Å². The van der Waals surface area contributed by atoms with Gasteiger partial charge >= 0.3 is 12.1 Å². The van der Waals surface area contributed by atoms with E-state index in [1.165, 1.54) is 0 Å². The van der Waals surface area contributed by atoms with Crippen molar-refractivity contribution in [3.8, 4) is 0 Å². The summed E-state index contributed by atoms with van der Waals surface area (Å²) in [5.74, 6) is -1.35. The molecule has 0 aliphatic rings. The van der Waals surface area contributed by atoms with Gasteiger partial charge in [-0.25, -0.2) is 9.59 Å². The monoisotopic (exact) mass is 295 g/mol. The van der Waals surface area contributed by atoms with Gasteiger partial charge in [0.25, 0.3) is 0 Å². The van der Waals surface area contributed by atoms with Crippen LogP contribution in [0, 0.1) is 5.92 Å². The molecule has 1 aromatic rings. The van der Waals surface area contributed by atoms with Crippen LogP contribution >= 0.6 is 0 Å². The maximum absolute atomic E-state index is 11.7. The maximum atomic E-state index is 11.7. The third kappa shape index (κ3) is 6.27. The van der Waals surface area contributed by atoms with Gasteiger partial charge in [0.15, 0.2) is 0 Å². The molecule has 0 saturated carbocycles. The number of alkyl carbamates (subject to hydrolysis) is 1. The molecule has 1 aromatic carbocycles. The fourth-order valence-electron chi connectivity index (χ4n) is 1.81. The number of carboxylic acids is 1. The third-order valence-electron chi connectivity index (χ3n) is 3.10. The van der Waals surface area contributed by atoms with E-state index >= 15 is 0 Å². The molecule has 2 unspecified atom stereocenters. The standard InChI is InChI=1S/C15H21NO5/c1-11(8-9-20-2)13(14(17)18)16-15(19)21-10-12-6-4-3-5-7-12/h3-7,11,13H,8-10H2,1-2H3,(H,16,19)(H,17,18). The van der Waals surface area contributed by atoms with E-state index in [0.29, 0.717) is 13.0 Å². The Hall–Kier alpha value is -2.08. The zero-order chi connectivity index (χ0) is 15.7. The Morgan fingerprint density at radius 2 is 1.95 bits per heavy atom. The van der Waals surface area contributed by atoms with Gasteiger partial charge in [-0.1, -0.05) is 37.3 Å². The number of amides is 1. The second-order valence-electron chi connectivity index (χ2n) is 4.78. The molecule has 21 heavy (non-hydrogen) atoms. The van der Waals surface area contributed by atoms with Crippen LogP contribution in [0.5, 0.6) is 0 Å². The van der Waals surface area contributed by atoms with E-state index in [1.54, 1.807) is 14.0 Å². The molecular formula is C15H21NO5. The minimum absolute atomic E-state index is 0.103. The van der Waals surface area contributed by atoms with E-state index in [-0.39, 0.29) is 12.5 Å². The van der Waals surface area contributed by atoms with Crippen molar-refractivity contribution >= 4 is 12.1 Å². The summed E-state index contributed by atoms with van der Waals surface area (Å²) in [6.45, 7) is 2.28. The molecule has 0 fully saturated rings. The molecule has 0 spiro atoms. The van der Waals surface area contributed by atoms with Crippen LogP contribution in [0.1, 0.15) is 18.9 Å². The van der Waals surface area contributed by atoms with E-state index in [2.05, 4.69) is 5.32 Å². The van der Waals surface area contributed by atoms with Crippen molar-refractivity contribution < 1.29 is 24.2 Å². The fraction of sp³-hybridized carbons (Fsp3) is 0.467. The average molecular weight is 295 g/mol. The number of carboxylic acid groups (broad SMARTS) is 1. The van der Waals surface area contributed by atoms with Crippen LogP contribution in [-0.2, 0) is 20.9 Å². The number of nitrogens with one attached hydrogen (secondary N) is 1. The van der Waals surface area contributed by atoms with Crippen molar-refractivity contribution in [2.75, 3.05) is 13.7 Å². The number of benzene rings is 1. The lowest BCUT2D eigenvalue weighted by Gasteiger charge is -2.20. The quantitative estimate of drug-likeness (QED) is 0.766.